The summed E-state index contributed by atoms with van der Waals surface area (Å²) in [5.74, 6) is -1.44. The monoisotopic (exact) mass is 339 g/mol. The predicted octanol–water partition coefficient (Wildman–Crippen LogP) is 3.51. The van der Waals surface area contributed by atoms with Crippen molar-refractivity contribution in [3.8, 4) is 0 Å². The van der Waals surface area contributed by atoms with Crippen LogP contribution in [0, 0.1) is 25.7 Å². The number of aryl methyl sites for hydroxylation is 2. The quantitative estimate of drug-likeness (QED) is 0.885. The maximum atomic E-state index is 12.2. The number of carboxylic acid groups (broad SMARTS) is 1. The van der Waals surface area contributed by atoms with Crippen molar-refractivity contribution in [1.29, 1.82) is 0 Å². The predicted molar refractivity (Wildman–Crippen MR) is 80.7 cm³/mol. The lowest BCUT2D eigenvalue weighted by atomic mass is 10.0. The van der Waals surface area contributed by atoms with Gasteiger partial charge in [0.05, 0.1) is 5.92 Å². The number of hydrogen-bond donors (Lipinski definition) is 2. The summed E-state index contributed by atoms with van der Waals surface area (Å²) in [6, 6.07) is 3.83. The SMILES string of the molecule is Cc1cc(NC(=O)[C@@H]2CC[C@H](C(=O)O)C2)cc(C)c1Br. The fourth-order valence-corrected chi connectivity index (χ4v) is 2.94. The Labute approximate surface area is 126 Å². The molecule has 0 aliphatic heterocycles. The van der Waals surface area contributed by atoms with Crippen molar-refractivity contribution in [1.82, 2.24) is 0 Å². The van der Waals surface area contributed by atoms with Gasteiger partial charge < -0.3 is 10.4 Å². The highest BCUT2D eigenvalue weighted by Gasteiger charge is 2.33. The third-order valence-corrected chi connectivity index (χ3v) is 5.11. The van der Waals surface area contributed by atoms with Crippen LogP contribution in [-0.4, -0.2) is 17.0 Å². The van der Waals surface area contributed by atoms with Gasteiger partial charge in [-0.05, 0) is 56.4 Å². The van der Waals surface area contributed by atoms with Crippen LogP contribution in [0.25, 0.3) is 0 Å². The Hall–Kier alpha value is -1.36. The zero-order valence-electron chi connectivity index (χ0n) is 11.6. The molecule has 1 aromatic carbocycles. The first kappa shape index (κ1) is 15.0. The molecule has 0 bridgehead atoms. The van der Waals surface area contributed by atoms with E-state index in [2.05, 4.69) is 21.2 Å². The van der Waals surface area contributed by atoms with Crippen LogP contribution in [0.2, 0.25) is 0 Å². The van der Waals surface area contributed by atoms with Gasteiger partial charge in [-0.3, -0.25) is 9.59 Å². The van der Waals surface area contributed by atoms with E-state index in [4.69, 9.17) is 5.11 Å². The number of amides is 1. The van der Waals surface area contributed by atoms with Gasteiger partial charge in [0.2, 0.25) is 5.91 Å². The number of carboxylic acids is 1. The molecule has 1 saturated carbocycles. The van der Waals surface area contributed by atoms with Crippen molar-refractivity contribution in [2.75, 3.05) is 5.32 Å². The summed E-state index contributed by atoms with van der Waals surface area (Å²) in [7, 11) is 0. The highest BCUT2D eigenvalue weighted by atomic mass is 79.9. The van der Waals surface area contributed by atoms with Crippen molar-refractivity contribution in [3.63, 3.8) is 0 Å². The number of rotatable bonds is 3. The van der Waals surface area contributed by atoms with Gasteiger partial charge in [-0.25, -0.2) is 0 Å². The Kier molecular flexibility index (Phi) is 4.48. The molecule has 20 heavy (non-hydrogen) atoms. The molecule has 4 nitrogen and oxygen atoms in total. The Bertz CT molecular complexity index is 533. The molecule has 0 heterocycles. The molecule has 2 rings (SSSR count). The van der Waals surface area contributed by atoms with E-state index in [0.717, 1.165) is 21.3 Å². The van der Waals surface area contributed by atoms with Gasteiger partial charge in [-0.2, -0.15) is 0 Å². The molecule has 0 unspecified atom stereocenters. The van der Waals surface area contributed by atoms with E-state index in [9.17, 15) is 9.59 Å². The van der Waals surface area contributed by atoms with Gasteiger partial charge in [0.1, 0.15) is 0 Å². The highest BCUT2D eigenvalue weighted by molar-refractivity contribution is 9.10. The molecule has 0 spiro atoms. The van der Waals surface area contributed by atoms with E-state index in [-0.39, 0.29) is 17.7 Å². The first-order valence-electron chi connectivity index (χ1n) is 6.69. The summed E-state index contributed by atoms with van der Waals surface area (Å²) in [6.45, 7) is 3.95. The summed E-state index contributed by atoms with van der Waals surface area (Å²) in [5, 5.41) is 11.9. The summed E-state index contributed by atoms with van der Waals surface area (Å²) >= 11 is 3.49. The smallest absolute Gasteiger partial charge is 0.306 e. The number of halogens is 1. The molecular weight excluding hydrogens is 322 g/mol. The minimum atomic E-state index is -0.796. The third-order valence-electron chi connectivity index (χ3n) is 3.86. The zero-order chi connectivity index (χ0) is 14.9. The van der Waals surface area contributed by atoms with E-state index in [0.29, 0.717) is 19.3 Å². The molecule has 108 valence electrons. The second-order valence-corrected chi connectivity index (χ2v) is 6.25. The average molecular weight is 340 g/mol. The van der Waals surface area contributed by atoms with Crippen LogP contribution < -0.4 is 5.32 Å². The Morgan fingerprint density at radius 2 is 1.75 bits per heavy atom. The van der Waals surface area contributed by atoms with E-state index >= 15 is 0 Å². The Morgan fingerprint density at radius 1 is 1.20 bits per heavy atom. The standard InChI is InChI=1S/C15H18BrNO3/c1-8-5-12(6-9(2)13(8)16)17-14(18)10-3-4-11(7-10)15(19)20/h5-6,10-11H,3-4,7H2,1-2H3,(H,17,18)(H,19,20)/t10-,11+/m1/s1. The van der Waals surface area contributed by atoms with E-state index < -0.39 is 5.97 Å². The molecule has 1 aliphatic rings. The molecule has 1 fully saturated rings. The number of anilines is 1. The van der Waals surface area contributed by atoms with E-state index in [1.807, 2.05) is 26.0 Å². The topological polar surface area (TPSA) is 66.4 Å². The number of carbonyl (C=O) groups is 2. The Balaban J connectivity index is 2.04. The highest BCUT2D eigenvalue weighted by Crippen LogP contribution is 2.32. The summed E-state index contributed by atoms with van der Waals surface area (Å²) in [4.78, 5) is 23.1. The molecule has 1 aromatic rings. The number of nitrogens with one attached hydrogen (secondary N) is 1. The molecule has 0 radical (unpaired) electrons. The number of aliphatic carboxylic acids is 1. The summed E-state index contributed by atoms with van der Waals surface area (Å²) in [5.41, 5.74) is 2.90. The summed E-state index contributed by atoms with van der Waals surface area (Å²) < 4.78 is 1.04. The van der Waals surface area contributed by atoms with Crippen LogP contribution in [-0.2, 0) is 9.59 Å². The van der Waals surface area contributed by atoms with Gasteiger partial charge in [-0.1, -0.05) is 15.9 Å². The van der Waals surface area contributed by atoms with Gasteiger partial charge in [-0.15, -0.1) is 0 Å². The molecule has 2 N–H and O–H groups in total. The van der Waals surface area contributed by atoms with Crippen LogP contribution in [0.4, 0.5) is 5.69 Å². The average Bonchev–Trinajstić information content (AvgIpc) is 2.85. The first-order valence-corrected chi connectivity index (χ1v) is 7.48. The normalized spacial score (nSPS) is 21.8. The molecule has 0 saturated heterocycles. The maximum absolute atomic E-state index is 12.2. The lowest BCUT2D eigenvalue weighted by molar-refractivity contribution is -0.141. The minimum absolute atomic E-state index is 0.0742. The molecule has 2 atom stereocenters. The minimum Gasteiger partial charge on any atom is -0.481 e. The van der Waals surface area contributed by atoms with Crippen molar-refractivity contribution in [2.24, 2.45) is 11.8 Å². The Morgan fingerprint density at radius 3 is 2.25 bits per heavy atom. The van der Waals surface area contributed by atoms with E-state index in [1.165, 1.54) is 0 Å². The van der Waals surface area contributed by atoms with Gasteiger partial charge >= 0.3 is 5.97 Å². The number of benzene rings is 1. The lowest BCUT2D eigenvalue weighted by Gasteiger charge is -2.13. The molecule has 0 aromatic heterocycles. The van der Waals surface area contributed by atoms with Gasteiger partial charge in [0.25, 0.3) is 0 Å². The van der Waals surface area contributed by atoms with Crippen LogP contribution in [0.3, 0.4) is 0 Å². The number of hydrogen-bond acceptors (Lipinski definition) is 2. The first-order chi connectivity index (χ1) is 9.38. The van der Waals surface area contributed by atoms with Crippen molar-refractivity contribution < 1.29 is 14.7 Å². The van der Waals surface area contributed by atoms with Crippen LogP contribution >= 0.6 is 15.9 Å². The largest absolute Gasteiger partial charge is 0.481 e. The van der Waals surface area contributed by atoms with Crippen molar-refractivity contribution in [2.45, 2.75) is 33.1 Å². The second-order valence-electron chi connectivity index (χ2n) is 5.46. The molecule has 1 amide bonds. The van der Waals surface area contributed by atoms with Gasteiger partial charge in [0.15, 0.2) is 0 Å². The van der Waals surface area contributed by atoms with Crippen LogP contribution in [0.5, 0.6) is 0 Å². The summed E-state index contributed by atoms with van der Waals surface area (Å²) in [6.07, 6.45) is 1.68. The van der Waals surface area contributed by atoms with Crippen molar-refractivity contribution in [3.05, 3.63) is 27.7 Å². The third kappa shape index (κ3) is 3.20. The van der Waals surface area contributed by atoms with Crippen LogP contribution in [0.1, 0.15) is 30.4 Å². The second kappa shape index (κ2) is 5.95. The number of carbonyl (C=O) groups excluding carboxylic acids is 1. The maximum Gasteiger partial charge on any atom is 0.306 e. The van der Waals surface area contributed by atoms with Crippen molar-refractivity contribution >= 4 is 33.5 Å². The molecule has 5 heteroatoms. The fraction of sp³-hybridized carbons (Fsp3) is 0.467. The fourth-order valence-electron chi connectivity index (χ4n) is 2.71. The molecular formula is C15H18BrNO3. The van der Waals surface area contributed by atoms with Gasteiger partial charge in [0, 0.05) is 16.1 Å². The molecule has 1 aliphatic carbocycles. The lowest BCUT2D eigenvalue weighted by Crippen LogP contribution is -2.21. The van der Waals surface area contributed by atoms with E-state index in [1.54, 1.807) is 0 Å². The van der Waals surface area contributed by atoms with Crippen LogP contribution in [0.15, 0.2) is 16.6 Å². The zero-order valence-corrected chi connectivity index (χ0v) is 13.2.